The van der Waals surface area contributed by atoms with Crippen molar-refractivity contribution in [1.82, 2.24) is 14.5 Å². The zero-order valence-corrected chi connectivity index (χ0v) is 17.5. The summed E-state index contributed by atoms with van der Waals surface area (Å²) in [5, 5.41) is 1.13. The predicted octanol–water partition coefficient (Wildman–Crippen LogP) is 3.75. The summed E-state index contributed by atoms with van der Waals surface area (Å²) in [5.41, 5.74) is 4.30. The number of rotatable bonds is 2. The molecule has 0 radical (unpaired) electrons. The lowest BCUT2D eigenvalue weighted by Gasteiger charge is -2.42. The van der Waals surface area contributed by atoms with Crippen LogP contribution in [0.5, 0.6) is 0 Å². The Morgan fingerprint density at radius 3 is 2.71 bits per heavy atom. The van der Waals surface area contributed by atoms with Crippen molar-refractivity contribution in [2.45, 2.75) is 13.0 Å². The van der Waals surface area contributed by atoms with Gasteiger partial charge in [0.2, 0.25) is 5.52 Å². The molecule has 0 saturated carbocycles. The molecule has 1 aliphatic rings. The fraction of sp³-hybridized carbons (Fsp3) is 0.250. The Balaban J connectivity index is 1.53. The third kappa shape index (κ3) is 3.17. The molecule has 4 aromatic rings. The molecule has 154 valence electrons. The van der Waals surface area contributed by atoms with Gasteiger partial charge in [-0.2, -0.15) is 0 Å². The highest BCUT2D eigenvalue weighted by atomic mass is 16.1. The van der Waals surface area contributed by atoms with Crippen LogP contribution in [0, 0.1) is 6.57 Å². The highest BCUT2D eigenvalue weighted by Crippen LogP contribution is 2.31. The second-order valence-electron chi connectivity index (χ2n) is 7.92. The van der Waals surface area contributed by atoms with Gasteiger partial charge in [-0.05, 0) is 31.2 Å². The minimum atomic E-state index is -0.0762. The van der Waals surface area contributed by atoms with E-state index in [4.69, 9.17) is 6.57 Å². The molecule has 3 aromatic heterocycles. The second kappa shape index (κ2) is 7.40. The molecule has 1 aliphatic heterocycles. The van der Waals surface area contributed by atoms with Crippen LogP contribution >= 0.6 is 0 Å². The lowest BCUT2D eigenvalue weighted by atomic mass is 10.1. The fourth-order valence-corrected chi connectivity index (χ4v) is 4.46. The normalized spacial score (nSPS) is 16.6. The molecular weight excluding hydrogens is 388 g/mol. The molecule has 0 bridgehead atoms. The van der Waals surface area contributed by atoms with Crippen LogP contribution in [0.2, 0.25) is 0 Å². The molecule has 5 rings (SSSR count). The maximum absolute atomic E-state index is 12.6. The first-order valence-corrected chi connectivity index (χ1v) is 10.3. The molecule has 1 saturated heterocycles. The van der Waals surface area contributed by atoms with E-state index in [9.17, 15) is 4.79 Å². The van der Waals surface area contributed by atoms with Crippen molar-refractivity contribution in [3.63, 3.8) is 0 Å². The molecule has 7 nitrogen and oxygen atoms in total. The van der Waals surface area contributed by atoms with E-state index < -0.39 is 0 Å². The lowest BCUT2D eigenvalue weighted by molar-refractivity contribution is 0.552. The molecule has 1 fully saturated rings. The summed E-state index contributed by atoms with van der Waals surface area (Å²) in [6, 6.07) is 15.6. The Morgan fingerprint density at radius 2 is 1.90 bits per heavy atom. The standard InChI is InChI=1S/C24H22N6O/c1-16-15-29(19-8-4-6-17-7-5-11-26-23(17)19)12-13-30(16)20-14-22(31)28(3)18-9-10-21(25-2)27-24(18)20/h4-11,14,16H,12-13,15H2,1,3H3/t16-/m0/s1. The van der Waals surface area contributed by atoms with Gasteiger partial charge in [0.1, 0.15) is 0 Å². The van der Waals surface area contributed by atoms with Gasteiger partial charge in [-0.25, -0.2) is 0 Å². The van der Waals surface area contributed by atoms with Crippen molar-refractivity contribution in [1.29, 1.82) is 0 Å². The minimum absolute atomic E-state index is 0.0762. The topological polar surface area (TPSA) is 58.6 Å². The molecule has 31 heavy (non-hydrogen) atoms. The number of aromatic nitrogens is 3. The van der Waals surface area contributed by atoms with Crippen LogP contribution in [0.4, 0.5) is 17.2 Å². The van der Waals surface area contributed by atoms with E-state index in [1.165, 1.54) is 0 Å². The first-order chi connectivity index (χ1) is 15.1. The predicted molar refractivity (Wildman–Crippen MR) is 124 cm³/mol. The Hall–Kier alpha value is -3.92. The summed E-state index contributed by atoms with van der Waals surface area (Å²) >= 11 is 0. The van der Waals surface area contributed by atoms with Gasteiger partial charge >= 0.3 is 0 Å². The summed E-state index contributed by atoms with van der Waals surface area (Å²) in [4.78, 5) is 29.8. The minimum Gasteiger partial charge on any atom is -0.366 e. The number of aryl methyl sites for hydroxylation is 1. The second-order valence-corrected chi connectivity index (χ2v) is 7.92. The number of hydrogen-bond donors (Lipinski definition) is 0. The molecule has 4 heterocycles. The van der Waals surface area contributed by atoms with Crippen molar-refractivity contribution in [2.24, 2.45) is 7.05 Å². The molecule has 1 atom stereocenters. The van der Waals surface area contributed by atoms with Gasteiger partial charge < -0.3 is 19.2 Å². The monoisotopic (exact) mass is 410 g/mol. The SMILES string of the molecule is [C-]#[N+]c1ccc2c(n1)c(N1CCN(c3cccc4cccnc34)C[C@@H]1C)cc(=O)n2C. The van der Waals surface area contributed by atoms with Crippen molar-refractivity contribution < 1.29 is 0 Å². The van der Waals surface area contributed by atoms with Crippen LogP contribution < -0.4 is 15.4 Å². The Morgan fingerprint density at radius 1 is 1.06 bits per heavy atom. The number of nitrogens with zero attached hydrogens (tertiary/aromatic N) is 6. The Bertz CT molecular complexity index is 1400. The number of pyridine rings is 3. The highest BCUT2D eigenvalue weighted by molar-refractivity contribution is 5.92. The molecule has 0 N–H and O–H groups in total. The van der Waals surface area contributed by atoms with Crippen LogP contribution in [-0.2, 0) is 7.05 Å². The average molecular weight is 410 g/mol. The molecule has 0 aliphatic carbocycles. The van der Waals surface area contributed by atoms with E-state index in [2.05, 4.69) is 55.8 Å². The number of piperazine rings is 1. The van der Waals surface area contributed by atoms with Crippen molar-refractivity contribution in [3.05, 3.63) is 76.5 Å². The molecule has 1 aromatic carbocycles. The van der Waals surface area contributed by atoms with E-state index >= 15 is 0 Å². The summed E-state index contributed by atoms with van der Waals surface area (Å²) in [6.45, 7) is 11.8. The Labute approximate surface area is 180 Å². The van der Waals surface area contributed by atoms with Crippen LogP contribution in [0.25, 0.3) is 26.8 Å². The zero-order chi connectivity index (χ0) is 21.5. The van der Waals surface area contributed by atoms with Gasteiger partial charge in [0.05, 0.1) is 22.4 Å². The molecule has 0 amide bonds. The van der Waals surface area contributed by atoms with Crippen molar-refractivity contribution in [3.8, 4) is 0 Å². The number of fused-ring (bicyclic) bond motifs is 2. The number of para-hydroxylation sites is 1. The van der Waals surface area contributed by atoms with Crippen LogP contribution in [0.1, 0.15) is 6.92 Å². The molecular formula is C24H22N6O. The van der Waals surface area contributed by atoms with E-state index in [-0.39, 0.29) is 11.6 Å². The highest BCUT2D eigenvalue weighted by Gasteiger charge is 2.28. The lowest BCUT2D eigenvalue weighted by Crippen LogP contribution is -2.52. The third-order valence-corrected chi connectivity index (χ3v) is 6.06. The van der Waals surface area contributed by atoms with Crippen LogP contribution in [0.15, 0.2) is 59.5 Å². The van der Waals surface area contributed by atoms with E-state index in [0.29, 0.717) is 11.3 Å². The van der Waals surface area contributed by atoms with E-state index in [0.717, 1.165) is 47.4 Å². The smallest absolute Gasteiger partial charge is 0.270 e. The van der Waals surface area contributed by atoms with Crippen molar-refractivity contribution >= 4 is 39.1 Å². The maximum atomic E-state index is 12.6. The van der Waals surface area contributed by atoms with Gasteiger partial charge in [-0.15, -0.1) is 4.98 Å². The van der Waals surface area contributed by atoms with Gasteiger partial charge in [0.25, 0.3) is 11.4 Å². The van der Waals surface area contributed by atoms with Crippen molar-refractivity contribution in [2.75, 3.05) is 29.4 Å². The van der Waals surface area contributed by atoms with Gasteiger partial charge in [-0.3, -0.25) is 9.78 Å². The number of anilines is 2. The first kappa shape index (κ1) is 19.1. The first-order valence-electron chi connectivity index (χ1n) is 10.3. The van der Waals surface area contributed by atoms with E-state index in [1.807, 2.05) is 18.3 Å². The molecule has 7 heteroatoms. The summed E-state index contributed by atoms with van der Waals surface area (Å²) in [6.07, 6.45) is 1.83. The average Bonchev–Trinajstić information content (AvgIpc) is 2.81. The molecule has 0 spiro atoms. The van der Waals surface area contributed by atoms with Crippen LogP contribution in [0.3, 0.4) is 0 Å². The van der Waals surface area contributed by atoms with Crippen LogP contribution in [-0.4, -0.2) is 40.2 Å². The number of hydrogen-bond acceptors (Lipinski definition) is 5. The quantitative estimate of drug-likeness (QED) is 0.471. The largest absolute Gasteiger partial charge is 0.366 e. The summed E-state index contributed by atoms with van der Waals surface area (Å²) in [7, 11) is 1.74. The van der Waals surface area contributed by atoms with Gasteiger partial charge in [0, 0.05) is 50.4 Å². The maximum Gasteiger partial charge on any atom is 0.270 e. The summed E-state index contributed by atoms with van der Waals surface area (Å²) in [5.74, 6) is 0.334. The fourth-order valence-electron chi connectivity index (χ4n) is 4.46. The Kier molecular flexibility index (Phi) is 4.55. The van der Waals surface area contributed by atoms with Gasteiger partial charge in [0.15, 0.2) is 0 Å². The zero-order valence-electron chi connectivity index (χ0n) is 17.5. The van der Waals surface area contributed by atoms with E-state index in [1.54, 1.807) is 23.7 Å². The number of benzene rings is 1. The molecule has 0 unspecified atom stereocenters. The summed E-state index contributed by atoms with van der Waals surface area (Å²) < 4.78 is 1.59. The third-order valence-electron chi connectivity index (χ3n) is 6.06. The van der Waals surface area contributed by atoms with Gasteiger partial charge in [-0.1, -0.05) is 24.8 Å².